The molecule has 23 heavy (non-hydrogen) atoms. The zero-order valence-corrected chi connectivity index (χ0v) is 14.2. The van der Waals surface area contributed by atoms with E-state index in [0.717, 1.165) is 25.9 Å². The molecule has 1 amide bonds. The standard InChI is InChI=1S/C17H27N3O3/c1-13(2)23-14-5-4-8-19-15(14)16(21)20-11-17(12-22-3)6-9-18-10-7-17/h4-5,8,13,18H,6-7,9-12H2,1-3H3,(H,20,21). The normalized spacial score (nSPS) is 17.0. The number of pyridine rings is 1. The van der Waals surface area contributed by atoms with Crippen LogP contribution in [0.2, 0.25) is 0 Å². The summed E-state index contributed by atoms with van der Waals surface area (Å²) in [4.78, 5) is 16.7. The van der Waals surface area contributed by atoms with Gasteiger partial charge in [0.1, 0.15) is 0 Å². The molecule has 1 fully saturated rings. The van der Waals surface area contributed by atoms with Crippen molar-refractivity contribution < 1.29 is 14.3 Å². The monoisotopic (exact) mass is 321 g/mol. The number of carbonyl (C=O) groups excluding carboxylic acids is 1. The van der Waals surface area contributed by atoms with E-state index in [1.165, 1.54) is 0 Å². The molecule has 2 heterocycles. The van der Waals surface area contributed by atoms with Gasteiger partial charge in [-0.25, -0.2) is 4.98 Å². The van der Waals surface area contributed by atoms with Crippen LogP contribution in [0, 0.1) is 5.41 Å². The number of nitrogens with one attached hydrogen (secondary N) is 2. The Morgan fingerprint density at radius 3 is 2.83 bits per heavy atom. The van der Waals surface area contributed by atoms with Gasteiger partial charge in [-0.15, -0.1) is 0 Å². The number of ether oxygens (including phenoxy) is 2. The third-order valence-electron chi connectivity index (χ3n) is 4.09. The van der Waals surface area contributed by atoms with Gasteiger partial charge in [-0.2, -0.15) is 0 Å². The van der Waals surface area contributed by atoms with Crippen LogP contribution >= 0.6 is 0 Å². The largest absolute Gasteiger partial charge is 0.489 e. The molecule has 0 bridgehead atoms. The number of amides is 1. The lowest BCUT2D eigenvalue weighted by molar-refractivity contribution is 0.0509. The quantitative estimate of drug-likeness (QED) is 0.798. The minimum Gasteiger partial charge on any atom is -0.489 e. The summed E-state index contributed by atoms with van der Waals surface area (Å²) >= 11 is 0. The van der Waals surface area contributed by atoms with Gasteiger partial charge in [-0.05, 0) is 51.9 Å². The summed E-state index contributed by atoms with van der Waals surface area (Å²) in [5.41, 5.74) is 0.325. The van der Waals surface area contributed by atoms with Crippen LogP contribution in [-0.2, 0) is 4.74 Å². The fourth-order valence-electron chi connectivity index (χ4n) is 2.90. The van der Waals surface area contributed by atoms with Gasteiger partial charge in [0, 0.05) is 25.3 Å². The Bertz CT molecular complexity index is 508. The second-order valence-corrected chi connectivity index (χ2v) is 6.38. The molecule has 0 atom stereocenters. The summed E-state index contributed by atoms with van der Waals surface area (Å²) < 4.78 is 11.1. The molecule has 0 aliphatic carbocycles. The van der Waals surface area contributed by atoms with Gasteiger partial charge >= 0.3 is 0 Å². The first kappa shape index (κ1) is 17.7. The highest BCUT2D eigenvalue weighted by atomic mass is 16.5. The van der Waals surface area contributed by atoms with Crippen molar-refractivity contribution in [1.82, 2.24) is 15.6 Å². The first-order valence-corrected chi connectivity index (χ1v) is 8.16. The molecule has 0 radical (unpaired) electrons. The van der Waals surface area contributed by atoms with E-state index in [-0.39, 0.29) is 17.4 Å². The Hall–Kier alpha value is -1.66. The second-order valence-electron chi connectivity index (χ2n) is 6.38. The lowest BCUT2D eigenvalue weighted by Crippen LogP contribution is -2.47. The molecule has 1 aromatic rings. The number of carbonyl (C=O) groups is 1. The van der Waals surface area contributed by atoms with Gasteiger partial charge in [0.2, 0.25) is 0 Å². The molecule has 0 unspecified atom stereocenters. The van der Waals surface area contributed by atoms with Crippen molar-refractivity contribution in [3.63, 3.8) is 0 Å². The topological polar surface area (TPSA) is 72.5 Å². The highest BCUT2D eigenvalue weighted by molar-refractivity contribution is 5.94. The molecule has 2 N–H and O–H groups in total. The molecule has 0 aromatic carbocycles. The fraction of sp³-hybridized carbons (Fsp3) is 0.647. The van der Waals surface area contributed by atoms with Crippen molar-refractivity contribution in [3.05, 3.63) is 24.0 Å². The molecule has 1 aromatic heterocycles. The Balaban J connectivity index is 2.03. The Morgan fingerprint density at radius 1 is 1.43 bits per heavy atom. The van der Waals surface area contributed by atoms with Crippen LogP contribution in [0.4, 0.5) is 0 Å². The average Bonchev–Trinajstić information content (AvgIpc) is 2.54. The SMILES string of the molecule is COCC1(CNC(=O)c2ncccc2OC(C)C)CCNCC1. The molecule has 6 nitrogen and oxygen atoms in total. The minimum absolute atomic E-state index is 0.00463. The highest BCUT2D eigenvalue weighted by Gasteiger charge is 2.33. The van der Waals surface area contributed by atoms with E-state index in [1.807, 2.05) is 13.8 Å². The lowest BCUT2D eigenvalue weighted by Gasteiger charge is -2.37. The molecule has 6 heteroatoms. The average molecular weight is 321 g/mol. The molecule has 0 saturated carbocycles. The molecular weight excluding hydrogens is 294 g/mol. The first-order chi connectivity index (χ1) is 11.1. The zero-order chi connectivity index (χ0) is 16.7. The number of rotatable bonds is 7. The van der Waals surface area contributed by atoms with E-state index in [4.69, 9.17) is 9.47 Å². The summed E-state index contributed by atoms with van der Waals surface area (Å²) in [6.45, 7) is 6.98. The predicted octanol–water partition coefficient (Wildman–Crippen LogP) is 1.61. The maximum absolute atomic E-state index is 12.5. The third-order valence-corrected chi connectivity index (χ3v) is 4.09. The maximum atomic E-state index is 12.5. The number of methoxy groups -OCH3 is 1. The van der Waals surface area contributed by atoms with Crippen molar-refractivity contribution in [3.8, 4) is 5.75 Å². The van der Waals surface area contributed by atoms with Crippen LogP contribution in [0.1, 0.15) is 37.2 Å². The zero-order valence-electron chi connectivity index (χ0n) is 14.2. The van der Waals surface area contributed by atoms with E-state index in [9.17, 15) is 4.79 Å². The molecule has 0 spiro atoms. The van der Waals surface area contributed by atoms with Crippen molar-refractivity contribution in [2.24, 2.45) is 5.41 Å². The number of nitrogens with zero attached hydrogens (tertiary/aromatic N) is 1. The number of piperidine rings is 1. The van der Waals surface area contributed by atoms with Crippen LogP contribution < -0.4 is 15.4 Å². The highest BCUT2D eigenvalue weighted by Crippen LogP contribution is 2.28. The van der Waals surface area contributed by atoms with Crippen molar-refractivity contribution in [2.75, 3.05) is 33.4 Å². The van der Waals surface area contributed by atoms with Crippen LogP contribution in [0.3, 0.4) is 0 Å². The van der Waals surface area contributed by atoms with E-state index < -0.39 is 0 Å². The maximum Gasteiger partial charge on any atom is 0.273 e. The van der Waals surface area contributed by atoms with Gasteiger partial charge in [0.15, 0.2) is 11.4 Å². The summed E-state index contributed by atoms with van der Waals surface area (Å²) in [7, 11) is 1.71. The van der Waals surface area contributed by atoms with Crippen LogP contribution in [0.15, 0.2) is 18.3 Å². The van der Waals surface area contributed by atoms with Crippen molar-refractivity contribution in [1.29, 1.82) is 0 Å². The third kappa shape index (κ3) is 4.91. The van der Waals surface area contributed by atoms with Crippen LogP contribution in [0.25, 0.3) is 0 Å². The second kappa shape index (κ2) is 8.26. The van der Waals surface area contributed by atoms with E-state index in [1.54, 1.807) is 25.4 Å². The van der Waals surface area contributed by atoms with Gasteiger partial charge in [-0.3, -0.25) is 4.79 Å². The molecule has 1 aliphatic heterocycles. The molecule has 1 saturated heterocycles. The Kier molecular flexibility index (Phi) is 6.36. The number of hydrogen-bond acceptors (Lipinski definition) is 5. The summed E-state index contributed by atoms with van der Waals surface area (Å²) in [5, 5.41) is 6.37. The van der Waals surface area contributed by atoms with Crippen LogP contribution in [-0.4, -0.2) is 50.3 Å². The van der Waals surface area contributed by atoms with Gasteiger partial charge < -0.3 is 20.1 Å². The molecular formula is C17H27N3O3. The summed E-state index contributed by atoms with van der Waals surface area (Å²) in [5.74, 6) is 0.321. The smallest absolute Gasteiger partial charge is 0.273 e. The van der Waals surface area contributed by atoms with Crippen molar-refractivity contribution in [2.45, 2.75) is 32.8 Å². The molecule has 1 aliphatic rings. The summed E-state index contributed by atoms with van der Waals surface area (Å²) in [6.07, 6.45) is 3.57. The molecule has 2 rings (SSSR count). The number of aromatic nitrogens is 1. The summed E-state index contributed by atoms with van der Waals surface area (Å²) in [6, 6.07) is 3.55. The van der Waals surface area contributed by atoms with E-state index in [2.05, 4.69) is 15.6 Å². The first-order valence-electron chi connectivity index (χ1n) is 8.16. The molecule has 128 valence electrons. The van der Waals surface area contributed by atoms with E-state index >= 15 is 0 Å². The van der Waals surface area contributed by atoms with Crippen molar-refractivity contribution >= 4 is 5.91 Å². The van der Waals surface area contributed by atoms with Gasteiger partial charge in [0.05, 0.1) is 12.7 Å². The minimum atomic E-state index is -0.199. The Morgan fingerprint density at radius 2 is 2.17 bits per heavy atom. The Labute approximate surface area is 138 Å². The van der Waals surface area contributed by atoms with Crippen LogP contribution in [0.5, 0.6) is 5.75 Å². The van der Waals surface area contributed by atoms with Gasteiger partial charge in [0.25, 0.3) is 5.91 Å². The fourth-order valence-corrected chi connectivity index (χ4v) is 2.90. The number of hydrogen-bond donors (Lipinski definition) is 2. The predicted molar refractivity (Wildman–Crippen MR) is 88.7 cm³/mol. The van der Waals surface area contributed by atoms with Gasteiger partial charge in [-0.1, -0.05) is 0 Å². The lowest BCUT2D eigenvalue weighted by atomic mass is 9.79. The van der Waals surface area contributed by atoms with E-state index in [0.29, 0.717) is 24.6 Å².